The van der Waals surface area contributed by atoms with Gasteiger partial charge in [0.2, 0.25) is 0 Å². The van der Waals surface area contributed by atoms with E-state index < -0.39 is 0 Å². The van der Waals surface area contributed by atoms with Crippen LogP contribution in [0.25, 0.3) is 0 Å². The van der Waals surface area contributed by atoms with Gasteiger partial charge in [-0.2, -0.15) is 5.10 Å². The van der Waals surface area contributed by atoms with Gasteiger partial charge in [0, 0.05) is 18.5 Å². The van der Waals surface area contributed by atoms with E-state index in [9.17, 15) is 0 Å². The van der Waals surface area contributed by atoms with Crippen LogP contribution in [0.3, 0.4) is 0 Å². The zero-order valence-corrected chi connectivity index (χ0v) is 12.8. The lowest BCUT2D eigenvalue weighted by Gasteiger charge is -2.35. The van der Waals surface area contributed by atoms with Crippen molar-refractivity contribution in [3.8, 4) is 0 Å². The zero-order chi connectivity index (χ0) is 13.8. The maximum absolute atomic E-state index is 4.48. The predicted molar refractivity (Wildman–Crippen MR) is 78.1 cm³/mol. The molecule has 0 amide bonds. The van der Waals surface area contributed by atoms with Crippen LogP contribution >= 0.6 is 0 Å². The van der Waals surface area contributed by atoms with Gasteiger partial charge in [0.1, 0.15) is 12.2 Å². The van der Waals surface area contributed by atoms with Crippen molar-refractivity contribution in [2.24, 2.45) is 11.8 Å². The molecule has 1 aliphatic carbocycles. The molecule has 1 aliphatic rings. The van der Waals surface area contributed by atoms with Crippen LogP contribution in [-0.2, 0) is 6.42 Å². The van der Waals surface area contributed by atoms with Gasteiger partial charge < -0.3 is 5.32 Å². The van der Waals surface area contributed by atoms with E-state index in [1.165, 1.54) is 25.7 Å². The fourth-order valence-corrected chi connectivity index (χ4v) is 3.42. The van der Waals surface area contributed by atoms with Gasteiger partial charge in [-0.05, 0) is 52.0 Å². The van der Waals surface area contributed by atoms with Crippen molar-refractivity contribution in [2.75, 3.05) is 7.05 Å². The van der Waals surface area contributed by atoms with E-state index in [1.54, 1.807) is 6.33 Å². The normalized spacial score (nSPS) is 27.9. The van der Waals surface area contributed by atoms with Crippen molar-refractivity contribution in [3.05, 3.63) is 12.2 Å². The average Bonchev–Trinajstić information content (AvgIpc) is 2.87. The first-order chi connectivity index (χ1) is 9.15. The largest absolute Gasteiger partial charge is 0.317 e. The van der Waals surface area contributed by atoms with Gasteiger partial charge in [-0.15, -0.1) is 0 Å². The summed E-state index contributed by atoms with van der Waals surface area (Å²) in [6.07, 6.45) is 8.06. The van der Waals surface area contributed by atoms with E-state index in [2.05, 4.69) is 47.9 Å². The monoisotopic (exact) mass is 264 g/mol. The van der Waals surface area contributed by atoms with Crippen LogP contribution in [0.4, 0.5) is 0 Å². The van der Waals surface area contributed by atoms with Crippen LogP contribution in [-0.4, -0.2) is 27.9 Å². The summed E-state index contributed by atoms with van der Waals surface area (Å²) < 4.78 is 2.07. The second-order valence-electron chi connectivity index (χ2n) is 6.16. The number of rotatable bonds is 5. The van der Waals surface area contributed by atoms with Gasteiger partial charge in [-0.25, -0.2) is 9.67 Å². The summed E-state index contributed by atoms with van der Waals surface area (Å²) in [4.78, 5) is 4.48. The van der Waals surface area contributed by atoms with Crippen molar-refractivity contribution < 1.29 is 0 Å². The van der Waals surface area contributed by atoms with Crippen molar-refractivity contribution >= 4 is 0 Å². The number of hydrogen-bond donors (Lipinski definition) is 1. The molecule has 1 aromatic rings. The molecule has 1 N–H and O–H groups in total. The maximum atomic E-state index is 4.48. The summed E-state index contributed by atoms with van der Waals surface area (Å²) in [7, 11) is 2.09. The van der Waals surface area contributed by atoms with Gasteiger partial charge in [-0.3, -0.25) is 0 Å². The summed E-state index contributed by atoms with van der Waals surface area (Å²) in [6, 6.07) is 1.04. The highest BCUT2D eigenvalue weighted by Crippen LogP contribution is 2.33. The van der Waals surface area contributed by atoms with Gasteiger partial charge in [0.15, 0.2) is 0 Å². The highest BCUT2D eigenvalue weighted by atomic mass is 15.3. The maximum Gasteiger partial charge on any atom is 0.138 e. The van der Waals surface area contributed by atoms with Gasteiger partial charge in [0.25, 0.3) is 0 Å². The molecule has 1 saturated carbocycles. The minimum atomic E-state index is 0.399. The Morgan fingerprint density at radius 3 is 2.84 bits per heavy atom. The number of aromatic nitrogens is 3. The molecule has 0 saturated heterocycles. The summed E-state index contributed by atoms with van der Waals surface area (Å²) in [6.45, 7) is 6.66. The van der Waals surface area contributed by atoms with E-state index in [1.807, 2.05) is 0 Å². The first-order valence-electron chi connectivity index (χ1n) is 7.71. The van der Waals surface area contributed by atoms with E-state index in [0.717, 1.165) is 18.2 Å². The Morgan fingerprint density at radius 2 is 2.21 bits per heavy atom. The summed E-state index contributed by atoms with van der Waals surface area (Å²) >= 11 is 0. The Hall–Kier alpha value is -0.900. The fraction of sp³-hybridized carbons (Fsp3) is 0.867. The molecule has 4 heteroatoms. The first-order valence-corrected chi connectivity index (χ1v) is 7.71. The minimum Gasteiger partial charge on any atom is -0.317 e. The minimum absolute atomic E-state index is 0.399. The van der Waals surface area contributed by atoms with Gasteiger partial charge in [-0.1, -0.05) is 13.3 Å². The lowest BCUT2D eigenvalue weighted by molar-refractivity contribution is 0.201. The number of nitrogens with zero attached hydrogens (tertiary/aromatic N) is 3. The lowest BCUT2D eigenvalue weighted by atomic mass is 9.75. The summed E-state index contributed by atoms with van der Waals surface area (Å²) in [5.41, 5.74) is 0. The molecule has 4 nitrogen and oxygen atoms in total. The molecule has 0 spiro atoms. The molecular weight excluding hydrogens is 236 g/mol. The molecule has 1 fully saturated rings. The second kappa shape index (κ2) is 6.51. The molecule has 1 heterocycles. The van der Waals surface area contributed by atoms with Crippen molar-refractivity contribution in [3.63, 3.8) is 0 Å². The smallest absolute Gasteiger partial charge is 0.138 e. The predicted octanol–water partition coefficient (Wildman–Crippen LogP) is 2.82. The Morgan fingerprint density at radius 1 is 1.42 bits per heavy atom. The molecule has 0 radical (unpaired) electrons. The molecule has 3 unspecified atom stereocenters. The van der Waals surface area contributed by atoms with Gasteiger partial charge >= 0.3 is 0 Å². The van der Waals surface area contributed by atoms with E-state index in [-0.39, 0.29) is 0 Å². The topological polar surface area (TPSA) is 42.7 Å². The van der Waals surface area contributed by atoms with Crippen LogP contribution in [0.1, 0.15) is 58.3 Å². The van der Waals surface area contributed by atoms with Crippen LogP contribution in [0.15, 0.2) is 6.33 Å². The molecule has 3 atom stereocenters. The van der Waals surface area contributed by atoms with E-state index in [4.69, 9.17) is 0 Å². The molecule has 1 aromatic heterocycles. The number of hydrogen-bond acceptors (Lipinski definition) is 3. The van der Waals surface area contributed by atoms with Crippen LogP contribution < -0.4 is 5.32 Å². The average molecular weight is 264 g/mol. The molecular formula is C15H28N4. The van der Waals surface area contributed by atoms with Crippen molar-refractivity contribution in [2.45, 2.75) is 65.0 Å². The molecule has 19 heavy (non-hydrogen) atoms. The molecule has 0 aromatic carbocycles. The summed E-state index contributed by atoms with van der Waals surface area (Å²) in [5, 5.41) is 7.86. The van der Waals surface area contributed by atoms with Crippen LogP contribution in [0.5, 0.6) is 0 Å². The third-order valence-electron chi connectivity index (χ3n) is 4.62. The first kappa shape index (κ1) is 14.5. The molecule has 0 bridgehead atoms. The Balaban J connectivity index is 2.08. The standard InChI is InChI=1S/C15H28N4/c1-5-12-6-7-14(16-4)13(8-12)9-15-17-10-18-19(15)11(2)3/h10-14,16H,5-9H2,1-4H3. The quantitative estimate of drug-likeness (QED) is 0.889. The van der Waals surface area contributed by atoms with Gasteiger partial charge in [0.05, 0.1) is 0 Å². The molecule has 2 rings (SSSR count). The zero-order valence-electron chi connectivity index (χ0n) is 12.8. The molecule has 0 aliphatic heterocycles. The Labute approximate surface area is 117 Å². The Bertz CT molecular complexity index is 385. The fourth-order valence-electron chi connectivity index (χ4n) is 3.42. The highest BCUT2D eigenvalue weighted by molar-refractivity contribution is 4.94. The van der Waals surface area contributed by atoms with E-state index >= 15 is 0 Å². The third kappa shape index (κ3) is 3.35. The summed E-state index contributed by atoms with van der Waals surface area (Å²) in [5.74, 6) is 2.74. The number of nitrogens with one attached hydrogen (secondary N) is 1. The van der Waals surface area contributed by atoms with Crippen molar-refractivity contribution in [1.29, 1.82) is 0 Å². The van der Waals surface area contributed by atoms with Crippen LogP contribution in [0, 0.1) is 11.8 Å². The SMILES string of the molecule is CCC1CCC(NC)C(Cc2ncnn2C(C)C)C1. The lowest BCUT2D eigenvalue weighted by Crippen LogP contribution is -2.40. The van der Waals surface area contributed by atoms with Crippen molar-refractivity contribution in [1.82, 2.24) is 20.1 Å². The highest BCUT2D eigenvalue weighted by Gasteiger charge is 2.30. The molecule has 108 valence electrons. The van der Waals surface area contributed by atoms with E-state index in [0.29, 0.717) is 18.0 Å². The Kier molecular flexibility index (Phi) is 4.97. The van der Waals surface area contributed by atoms with Crippen LogP contribution in [0.2, 0.25) is 0 Å². The third-order valence-corrected chi connectivity index (χ3v) is 4.62. The second-order valence-corrected chi connectivity index (χ2v) is 6.16.